The first-order valence-corrected chi connectivity index (χ1v) is 9.88. The minimum atomic E-state index is -0.668. The van der Waals surface area contributed by atoms with Crippen LogP contribution in [0.3, 0.4) is 0 Å². The van der Waals surface area contributed by atoms with E-state index in [-0.39, 0.29) is 23.4 Å². The molecule has 0 bridgehead atoms. The highest BCUT2D eigenvalue weighted by atomic mass is 79.9. The molecule has 1 aliphatic heterocycles. The molecule has 26 heavy (non-hydrogen) atoms. The van der Waals surface area contributed by atoms with Gasteiger partial charge in [-0.15, -0.1) is 0 Å². The Bertz CT molecular complexity index is 916. The summed E-state index contributed by atoms with van der Waals surface area (Å²) in [5, 5.41) is 0.649. The molecule has 0 N–H and O–H groups in total. The highest BCUT2D eigenvalue weighted by Gasteiger charge is 2.30. The molecule has 0 radical (unpaired) electrons. The van der Waals surface area contributed by atoms with Crippen LogP contribution in [0.25, 0.3) is 11.0 Å². The topological polar surface area (TPSA) is 76.8 Å². The van der Waals surface area contributed by atoms with Gasteiger partial charge in [0.1, 0.15) is 5.56 Å². The Morgan fingerprint density at radius 3 is 2.58 bits per heavy atom. The number of rotatable bonds is 3. The normalized spacial score (nSPS) is 15.3. The Morgan fingerprint density at radius 2 is 1.92 bits per heavy atom. The number of hydrogen-bond donors (Lipinski definition) is 0. The van der Waals surface area contributed by atoms with Crippen molar-refractivity contribution in [1.29, 1.82) is 0 Å². The van der Waals surface area contributed by atoms with Gasteiger partial charge >= 0.3 is 11.6 Å². The van der Waals surface area contributed by atoms with Gasteiger partial charge in [0.25, 0.3) is 5.91 Å². The summed E-state index contributed by atoms with van der Waals surface area (Å²) in [4.78, 5) is 38.4. The quantitative estimate of drug-likeness (QED) is 0.488. The number of likely N-dealkylation sites (tertiary alicyclic amines) is 1. The lowest BCUT2D eigenvalue weighted by molar-refractivity contribution is -0.149. The lowest BCUT2D eigenvalue weighted by Crippen LogP contribution is -2.42. The van der Waals surface area contributed by atoms with Gasteiger partial charge in [0, 0.05) is 22.9 Å². The zero-order valence-electron chi connectivity index (χ0n) is 14.1. The maximum atomic E-state index is 12.8. The maximum absolute atomic E-state index is 12.8. The number of carbonyl (C=O) groups is 2. The van der Waals surface area contributed by atoms with Crippen LogP contribution in [0.5, 0.6) is 0 Å². The first kappa shape index (κ1) is 19.1. The molecule has 6 nitrogen and oxygen atoms in total. The van der Waals surface area contributed by atoms with Crippen molar-refractivity contribution in [1.82, 2.24) is 4.90 Å². The Morgan fingerprint density at radius 1 is 1.23 bits per heavy atom. The third-order valence-electron chi connectivity index (χ3n) is 4.38. The average Bonchev–Trinajstić information content (AvgIpc) is 2.61. The van der Waals surface area contributed by atoms with Gasteiger partial charge in [-0.1, -0.05) is 15.9 Å². The van der Waals surface area contributed by atoms with Gasteiger partial charge in [0.2, 0.25) is 0 Å². The minimum absolute atomic E-state index is 0.00270. The number of benzene rings is 1. The molecular weight excluding hydrogens is 470 g/mol. The number of halogens is 2. The zero-order valence-corrected chi connectivity index (χ0v) is 17.3. The lowest BCUT2D eigenvalue weighted by Gasteiger charge is -2.30. The number of piperidine rings is 1. The smallest absolute Gasteiger partial charge is 0.349 e. The molecule has 0 atom stereocenters. The summed E-state index contributed by atoms with van der Waals surface area (Å²) in [6.07, 6.45) is 1.06. The fraction of sp³-hybridized carbons (Fsp3) is 0.389. The van der Waals surface area contributed by atoms with Crippen LogP contribution in [0.4, 0.5) is 0 Å². The molecule has 2 heterocycles. The van der Waals surface area contributed by atoms with Crippen LogP contribution in [0.15, 0.2) is 36.4 Å². The van der Waals surface area contributed by atoms with E-state index < -0.39 is 5.63 Å². The molecule has 0 saturated carbocycles. The van der Waals surface area contributed by atoms with Gasteiger partial charge in [-0.05, 0) is 53.9 Å². The molecular formula is C18H17Br2NO5. The SMILES string of the molecule is CCOC(=O)C1CCN(C(=O)c2cc3cc(Br)cc(Br)c3oc2=O)CC1. The number of nitrogens with zero attached hydrogens (tertiary/aromatic N) is 1. The van der Waals surface area contributed by atoms with E-state index >= 15 is 0 Å². The second-order valence-electron chi connectivity index (χ2n) is 6.07. The lowest BCUT2D eigenvalue weighted by atomic mass is 9.96. The van der Waals surface area contributed by atoms with Crippen molar-refractivity contribution in [3.63, 3.8) is 0 Å². The van der Waals surface area contributed by atoms with E-state index in [2.05, 4.69) is 31.9 Å². The second-order valence-corrected chi connectivity index (χ2v) is 7.84. The Labute approximate surface area is 166 Å². The maximum Gasteiger partial charge on any atom is 0.349 e. The van der Waals surface area contributed by atoms with Crippen molar-refractivity contribution in [2.24, 2.45) is 5.92 Å². The highest BCUT2D eigenvalue weighted by Crippen LogP contribution is 2.28. The van der Waals surface area contributed by atoms with Gasteiger partial charge in [0.05, 0.1) is 17.0 Å². The van der Waals surface area contributed by atoms with E-state index in [1.807, 2.05) is 0 Å². The summed E-state index contributed by atoms with van der Waals surface area (Å²) in [6.45, 7) is 2.93. The average molecular weight is 487 g/mol. The van der Waals surface area contributed by atoms with Crippen LogP contribution in [-0.4, -0.2) is 36.5 Å². The van der Waals surface area contributed by atoms with Crippen molar-refractivity contribution in [3.05, 3.63) is 43.1 Å². The van der Waals surface area contributed by atoms with E-state index in [9.17, 15) is 14.4 Å². The first-order valence-electron chi connectivity index (χ1n) is 8.29. The van der Waals surface area contributed by atoms with Crippen LogP contribution in [-0.2, 0) is 9.53 Å². The fourth-order valence-corrected chi connectivity index (χ4v) is 4.39. The third-order valence-corrected chi connectivity index (χ3v) is 5.43. The summed E-state index contributed by atoms with van der Waals surface area (Å²) in [6, 6.07) is 5.11. The van der Waals surface area contributed by atoms with Gasteiger partial charge in [-0.2, -0.15) is 0 Å². The van der Waals surface area contributed by atoms with Crippen LogP contribution in [0.1, 0.15) is 30.1 Å². The predicted octanol–water partition coefficient (Wildman–Crippen LogP) is 3.73. The molecule has 1 saturated heterocycles. The summed E-state index contributed by atoms with van der Waals surface area (Å²) >= 11 is 6.73. The first-order chi connectivity index (χ1) is 12.4. The van der Waals surface area contributed by atoms with Crippen molar-refractivity contribution >= 4 is 54.7 Å². The van der Waals surface area contributed by atoms with Gasteiger partial charge in [-0.25, -0.2) is 4.79 Å². The van der Waals surface area contributed by atoms with Crippen LogP contribution in [0, 0.1) is 5.92 Å². The van der Waals surface area contributed by atoms with E-state index in [4.69, 9.17) is 9.15 Å². The highest BCUT2D eigenvalue weighted by molar-refractivity contribution is 9.11. The number of esters is 1. The second kappa shape index (κ2) is 7.92. The molecule has 1 aromatic carbocycles. The van der Waals surface area contributed by atoms with Gasteiger partial charge in [-0.3, -0.25) is 9.59 Å². The molecule has 8 heteroatoms. The number of ether oxygens (including phenoxy) is 1. The predicted molar refractivity (Wildman–Crippen MR) is 103 cm³/mol. The van der Waals surface area contributed by atoms with Crippen molar-refractivity contribution < 1.29 is 18.7 Å². The van der Waals surface area contributed by atoms with Crippen molar-refractivity contribution in [2.75, 3.05) is 19.7 Å². The van der Waals surface area contributed by atoms with E-state index in [0.29, 0.717) is 48.0 Å². The molecule has 0 spiro atoms. The number of carbonyl (C=O) groups excluding carboxylic acids is 2. The largest absolute Gasteiger partial charge is 0.466 e. The van der Waals surface area contributed by atoms with Gasteiger partial charge < -0.3 is 14.1 Å². The van der Waals surface area contributed by atoms with Crippen LogP contribution in [0.2, 0.25) is 0 Å². The molecule has 1 aromatic heterocycles. The van der Waals surface area contributed by atoms with Crippen LogP contribution < -0.4 is 5.63 Å². The number of hydrogen-bond acceptors (Lipinski definition) is 5. The Hall–Kier alpha value is -1.67. The number of fused-ring (bicyclic) bond motifs is 1. The van der Waals surface area contributed by atoms with E-state index in [1.54, 1.807) is 30.0 Å². The Kier molecular flexibility index (Phi) is 5.82. The third kappa shape index (κ3) is 3.86. The fourth-order valence-electron chi connectivity index (χ4n) is 3.06. The summed E-state index contributed by atoms with van der Waals surface area (Å²) < 4.78 is 11.8. The molecule has 1 fully saturated rings. The number of amides is 1. The zero-order chi connectivity index (χ0) is 18.8. The minimum Gasteiger partial charge on any atom is -0.466 e. The molecule has 0 aliphatic carbocycles. The van der Waals surface area contributed by atoms with E-state index in [1.165, 1.54) is 0 Å². The summed E-state index contributed by atoms with van der Waals surface area (Å²) in [5.74, 6) is -0.794. The van der Waals surface area contributed by atoms with Gasteiger partial charge in [0.15, 0.2) is 5.58 Å². The van der Waals surface area contributed by atoms with E-state index in [0.717, 1.165) is 4.47 Å². The molecule has 2 aromatic rings. The van der Waals surface area contributed by atoms with Crippen molar-refractivity contribution in [2.45, 2.75) is 19.8 Å². The molecule has 1 amide bonds. The molecule has 138 valence electrons. The van der Waals surface area contributed by atoms with Crippen molar-refractivity contribution in [3.8, 4) is 0 Å². The molecule has 1 aliphatic rings. The van der Waals surface area contributed by atoms with Crippen LogP contribution >= 0.6 is 31.9 Å². The Balaban J connectivity index is 1.81. The molecule has 0 unspecified atom stereocenters. The summed E-state index contributed by atoms with van der Waals surface area (Å²) in [7, 11) is 0. The monoisotopic (exact) mass is 485 g/mol. The summed E-state index contributed by atoms with van der Waals surface area (Å²) in [5.41, 5.74) is -0.272. The molecule has 3 rings (SSSR count). The standard InChI is InChI=1S/C18H17Br2NO5/c1-2-25-17(23)10-3-5-21(6-4-10)16(22)13-8-11-7-12(19)9-14(20)15(11)26-18(13)24/h7-10H,2-6H2,1H3.